The van der Waals surface area contributed by atoms with Crippen LogP contribution in [0.1, 0.15) is 145 Å². The van der Waals surface area contributed by atoms with Gasteiger partial charge < -0.3 is 69.7 Å². The van der Waals surface area contributed by atoms with Gasteiger partial charge in [0.25, 0.3) is 0 Å². The summed E-state index contributed by atoms with van der Waals surface area (Å²) < 4.78 is 46.0. The van der Waals surface area contributed by atoms with Gasteiger partial charge in [0.15, 0.2) is 0 Å². The molecule has 6 rings (SSSR count). The molecule has 2 radical (unpaired) electrons. The molecule has 95 heavy (non-hydrogen) atoms. The second-order valence-electron chi connectivity index (χ2n) is 22.4. The van der Waals surface area contributed by atoms with Gasteiger partial charge >= 0.3 is 96.6 Å². The van der Waals surface area contributed by atoms with Crippen molar-refractivity contribution < 1.29 is 66.7 Å². The molecule has 0 saturated carbocycles. The van der Waals surface area contributed by atoms with Crippen molar-refractivity contribution in [2.75, 3.05) is 0 Å². The van der Waals surface area contributed by atoms with E-state index in [1.807, 2.05) is 52.3 Å². The van der Waals surface area contributed by atoms with Crippen molar-refractivity contribution in [2.24, 2.45) is 20.1 Å². The zero-order valence-corrected chi connectivity index (χ0v) is 66.9. The van der Waals surface area contributed by atoms with Gasteiger partial charge in [-0.05, 0) is 172 Å². The number of hydrogen-bond donors (Lipinski definition) is 6. The Hall–Kier alpha value is -5.43. The summed E-state index contributed by atoms with van der Waals surface area (Å²) >= 11 is 25.0. The van der Waals surface area contributed by atoms with Crippen LogP contribution >= 0.6 is 141 Å². The van der Waals surface area contributed by atoms with Crippen LogP contribution in [0.2, 0.25) is 0 Å². The Morgan fingerprint density at radius 1 is 0.463 bits per heavy atom. The van der Waals surface area contributed by atoms with Crippen LogP contribution in [0.5, 0.6) is 0 Å². The Labute approximate surface area is 617 Å². The smallest absolute Gasteiger partial charge is 0.330 e. The summed E-state index contributed by atoms with van der Waals surface area (Å²) in [4.78, 5) is 96.2. The van der Waals surface area contributed by atoms with Crippen molar-refractivity contribution in [1.82, 2.24) is 40.5 Å². The molecule has 0 fully saturated rings. The van der Waals surface area contributed by atoms with Gasteiger partial charge in [-0.1, -0.05) is 13.1 Å². The number of nitrogens with one attached hydrogen (secondary N) is 2. The molecule has 524 valence electrons. The minimum Gasteiger partial charge on any atom is -0.351 e. The Bertz CT molecular complexity index is 3080. The quantitative estimate of drug-likeness (QED) is 0.0225. The molecule has 0 aliphatic carbocycles. The van der Waals surface area contributed by atoms with Gasteiger partial charge in [-0.25, -0.2) is 48.7 Å². The summed E-state index contributed by atoms with van der Waals surface area (Å²) in [5.74, 6) is 0. The van der Waals surface area contributed by atoms with Crippen LogP contribution in [-0.2, 0) is 64.1 Å². The molecule has 0 bridgehead atoms. The van der Waals surface area contributed by atoms with Crippen molar-refractivity contribution in [2.45, 2.75) is 184 Å². The fourth-order valence-electron chi connectivity index (χ4n) is 4.16. The van der Waals surface area contributed by atoms with E-state index in [0.717, 1.165) is 31.4 Å². The molecule has 2 amide bonds. The molecule has 6 N–H and O–H groups in total. The fraction of sp³-hybridized carbons (Fsp3) is 0.519. The van der Waals surface area contributed by atoms with Gasteiger partial charge in [-0.15, -0.1) is 78.0 Å². The van der Waals surface area contributed by atoms with Gasteiger partial charge in [-0.2, -0.15) is 0 Å². The van der Waals surface area contributed by atoms with Crippen LogP contribution in [0.3, 0.4) is 0 Å². The van der Waals surface area contributed by atoms with E-state index in [2.05, 4.69) is 157 Å². The number of carbonyl (C=O) groups is 6. The third-order valence-corrected chi connectivity index (χ3v) is 13.5. The fourth-order valence-corrected chi connectivity index (χ4v) is 9.02. The maximum atomic E-state index is 11.3. The summed E-state index contributed by atoms with van der Waals surface area (Å²) in [5.41, 5.74) is 6.83. The second kappa shape index (κ2) is 51.7. The van der Waals surface area contributed by atoms with Gasteiger partial charge in [0.05, 0.1) is 33.1 Å². The third kappa shape index (κ3) is 68.3. The SMILES string of the molecule is CC(C)(C)OC(=O)NCc1ncc(Br)s1.CC(C)(C)OC(=O)NCc1nccs1.CC(C)(C)OC(=O)OC(=O)OC(C)(C)C.CC(C)(C)OC(=O)OC(=O)OC(C)(C)C.NCc1ncc(Br)s1.NCc1nccs1.[B]=NS.[B]=NS.[C-]#[N+]c1ncc(Br)s1.[C-]#[N+]c1nccs1. The van der Waals surface area contributed by atoms with Crippen LogP contribution < -0.4 is 22.1 Å². The van der Waals surface area contributed by atoms with Crippen molar-refractivity contribution in [3.8, 4) is 0 Å². The Morgan fingerprint density at radius 2 is 0.758 bits per heavy atom. The maximum Gasteiger partial charge on any atom is 0.330 e. The predicted molar refractivity (Wildman–Crippen MR) is 392 cm³/mol. The molecule has 6 aromatic rings. The first-order valence-corrected chi connectivity index (χ1v) is 34.9. The molecule has 6 aromatic heterocycles. The molecular formula is C54H79B2Br3N14O14S8. The molecule has 0 saturated heterocycles. The van der Waals surface area contributed by atoms with E-state index in [9.17, 15) is 28.8 Å². The number of halogens is 3. The molecule has 0 unspecified atom stereocenters. The molecule has 0 spiro atoms. The second-order valence-corrected chi connectivity index (χ2v) is 33.0. The topological polar surface area (TPSA) is 363 Å². The van der Waals surface area contributed by atoms with Gasteiger partial charge in [0, 0.05) is 41.6 Å². The third-order valence-electron chi connectivity index (χ3n) is 6.90. The molecule has 0 aliphatic rings. The molecule has 0 aliphatic heterocycles. The Balaban J connectivity index is -0.000000499. The van der Waals surface area contributed by atoms with E-state index in [-0.39, 0.29) is 0 Å². The first kappa shape index (κ1) is 96.0. The van der Waals surface area contributed by atoms with Crippen LogP contribution in [0, 0.1) is 13.1 Å². The number of ether oxygens (including phenoxy) is 8. The minimum absolute atomic E-state index is 0.394. The molecular weight excluding hydrogens is 1590 g/mol. The number of rotatable bonds is 6. The number of thiazole rings is 6. The predicted octanol–water partition coefficient (Wildman–Crippen LogP) is 17.3. The number of hydrogen-bond acceptors (Lipinski definition) is 32. The van der Waals surface area contributed by atoms with Gasteiger partial charge in [-0.3, -0.25) is 0 Å². The van der Waals surface area contributed by atoms with E-state index in [1.54, 1.807) is 148 Å². The molecule has 0 aromatic carbocycles. The van der Waals surface area contributed by atoms with E-state index in [0.29, 0.717) is 36.4 Å². The zero-order valence-electron chi connectivity index (χ0n) is 55.5. The summed E-state index contributed by atoms with van der Waals surface area (Å²) in [7, 11) is 8.67. The first-order chi connectivity index (χ1) is 43.7. The van der Waals surface area contributed by atoms with E-state index in [1.165, 1.54) is 45.3 Å². The Kier molecular flexibility index (Phi) is 52.3. The minimum atomic E-state index is -1.06. The van der Waals surface area contributed by atoms with Crippen molar-refractivity contribution in [3.05, 3.63) is 108 Å². The summed E-state index contributed by atoms with van der Waals surface area (Å²) in [5, 5.41) is 15.5. The first-order valence-electron chi connectivity index (χ1n) is 26.6. The number of aromatic nitrogens is 6. The van der Waals surface area contributed by atoms with E-state index < -0.39 is 70.4 Å². The molecule has 6 heterocycles. The average Bonchev–Trinajstić information content (AvgIpc) is 2.56. The summed E-state index contributed by atoms with van der Waals surface area (Å²) in [6.07, 6.45) is 5.10. The van der Waals surface area contributed by atoms with Crippen molar-refractivity contribution in [3.63, 3.8) is 0 Å². The number of thiol groups is 2. The summed E-state index contributed by atoms with van der Waals surface area (Å²) in [6, 6.07) is 0. The van der Waals surface area contributed by atoms with Crippen LogP contribution in [0.15, 0.2) is 73.3 Å². The Morgan fingerprint density at radius 3 is 0.968 bits per heavy atom. The standard InChI is InChI=1S/2C10H18O5.C9H13BrN2O2S.C9H14N2O2S.C4HBrN2S.C4H5BrN2S.C4H2N2S.C4H6N2S.2BHNS/c2*1-9(2,3)14-7(11)13-8(12)15-10(4,5)6;1-9(2,3)14-8(13)12-5-7-11-4-6(10)15-7;1-9(2,3)13-8(12)11-6-7-10-4-5-14-7;1-6-4-7-2-3(5)8-4;5-3-2-7-4(1-6)8-3;1-5-4-6-2-3-7-4;5-3-4-6-1-2-7-4;2*1-2-3/h2*1-6H3;4H,5H2,1-3H3,(H,12,13);4-5H,6H2,1-3H3,(H,11,12);2H;2H,1,6H2;2-3H;1-2H,3,5H2;2*3H. The maximum absolute atomic E-state index is 11.3. The van der Waals surface area contributed by atoms with E-state index in [4.69, 9.17) is 53.0 Å². The van der Waals surface area contributed by atoms with Crippen LogP contribution in [0.25, 0.3) is 9.69 Å². The van der Waals surface area contributed by atoms with Crippen molar-refractivity contribution >= 4 is 204 Å². The van der Waals surface area contributed by atoms with Gasteiger partial charge in [0.1, 0.15) is 69.8 Å². The monoisotopic (exact) mass is 1660 g/mol. The molecule has 0 atom stereocenters. The summed E-state index contributed by atoms with van der Waals surface area (Å²) in [6.45, 7) is 45.9. The van der Waals surface area contributed by atoms with Crippen LogP contribution in [-0.4, -0.2) is 116 Å². The normalized spacial score (nSPS) is 10.2. The molecule has 28 nitrogen and oxygen atoms in total. The van der Waals surface area contributed by atoms with E-state index >= 15 is 0 Å². The number of carbonyl (C=O) groups excluding carboxylic acids is 6. The van der Waals surface area contributed by atoms with Crippen LogP contribution in [0.4, 0.5) is 39.0 Å². The number of nitrogens with two attached hydrogens (primary N) is 2. The molecule has 41 heteroatoms. The van der Waals surface area contributed by atoms with Crippen molar-refractivity contribution in [1.29, 1.82) is 0 Å². The number of nitrogens with zero attached hydrogens (tertiary/aromatic N) is 10. The van der Waals surface area contributed by atoms with Gasteiger partial charge in [0.2, 0.25) is 0 Å². The number of amides is 2. The average molecular weight is 1670 g/mol. The number of alkyl carbamates (subject to hydrolysis) is 2. The largest absolute Gasteiger partial charge is 0.351 e. The zero-order chi connectivity index (χ0) is 74.2.